The molecule has 0 amide bonds. The van der Waals surface area contributed by atoms with E-state index in [0.29, 0.717) is 17.3 Å². The first-order valence-electron chi connectivity index (χ1n) is 13.8. The van der Waals surface area contributed by atoms with Gasteiger partial charge in [-0.3, -0.25) is 0 Å². The lowest BCUT2D eigenvalue weighted by molar-refractivity contribution is -0.0919. The summed E-state index contributed by atoms with van der Waals surface area (Å²) in [5, 5.41) is 0. The van der Waals surface area contributed by atoms with Crippen LogP contribution in [0.5, 0.6) is 0 Å². The maximum Gasteiger partial charge on any atom is -0.00309 e. The third kappa shape index (κ3) is 3.08. The summed E-state index contributed by atoms with van der Waals surface area (Å²) in [6, 6.07) is 23.6. The van der Waals surface area contributed by atoms with Gasteiger partial charge in [0.2, 0.25) is 0 Å². The van der Waals surface area contributed by atoms with Gasteiger partial charge in [0.05, 0.1) is 0 Å². The molecule has 6 rings (SSSR count). The van der Waals surface area contributed by atoms with Crippen molar-refractivity contribution < 1.29 is 0 Å². The first kappa shape index (κ1) is 21.0. The Bertz CT molecular complexity index is 900. The molecular formula is C32H42. The molecule has 4 fully saturated rings. The smallest absolute Gasteiger partial charge is 0.00309 e. The number of hydrogen-bond acceptors (Lipinski definition) is 0. The van der Waals surface area contributed by atoms with Gasteiger partial charge in [-0.15, -0.1) is 0 Å². The average Bonchev–Trinajstić information content (AvgIpc) is 3.20. The van der Waals surface area contributed by atoms with Gasteiger partial charge in [0.15, 0.2) is 0 Å². The zero-order valence-corrected chi connectivity index (χ0v) is 20.3. The fourth-order valence-corrected chi connectivity index (χ4v) is 10.1. The van der Waals surface area contributed by atoms with E-state index in [1.807, 2.05) is 0 Å². The Kier molecular flexibility index (Phi) is 5.47. The summed E-state index contributed by atoms with van der Waals surface area (Å²) in [4.78, 5) is 0. The highest BCUT2D eigenvalue weighted by Crippen LogP contribution is 2.72. The van der Waals surface area contributed by atoms with Crippen LogP contribution in [0.2, 0.25) is 0 Å². The summed E-state index contributed by atoms with van der Waals surface area (Å²) in [6.45, 7) is 5.22. The van der Waals surface area contributed by atoms with Crippen molar-refractivity contribution in [1.29, 1.82) is 0 Å². The molecule has 170 valence electrons. The summed E-state index contributed by atoms with van der Waals surface area (Å²) in [5.41, 5.74) is 3.70. The molecule has 4 saturated carbocycles. The van der Waals surface area contributed by atoms with E-state index in [1.54, 1.807) is 11.1 Å². The molecule has 2 aromatic carbocycles. The molecule has 4 aliphatic rings. The average molecular weight is 427 g/mol. The predicted molar refractivity (Wildman–Crippen MR) is 135 cm³/mol. The van der Waals surface area contributed by atoms with Crippen molar-refractivity contribution in [3.8, 4) is 0 Å². The standard InChI is InChI=1S/C32H42/c1-3-25-19-21-28-27-20-18-22-12-10-11-17-26(22)30(27)29(23-13-6-4-7-14-23)31(32(25,28)2)24-15-8-5-9-16-24/h4-9,13-16,22,25-31H,3,10-12,17-21H2,1-2H3/t22?,25-,26-,27-,28-,29?,30+,31?,32+/m0/s1. The quantitative estimate of drug-likeness (QED) is 0.460. The summed E-state index contributed by atoms with van der Waals surface area (Å²) in [6.07, 6.45) is 13.3. The number of fused-ring (bicyclic) bond motifs is 5. The Hall–Kier alpha value is -1.56. The molecule has 0 spiro atoms. The normalized spacial score (nSPS) is 43.2. The van der Waals surface area contributed by atoms with Gasteiger partial charge >= 0.3 is 0 Å². The van der Waals surface area contributed by atoms with Gasteiger partial charge < -0.3 is 0 Å². The lowest BCUT2D eigenvalue weighted by Crippen LogP contribution is -2.55. The Morgan fingerprint density at radius 2 is 1.41 bits per heavy atom. The van der Waals surface area contributed by atoms with E-state index in [-0.39, 0.29) is 0 Å². The Morgan fingerprint density at radius 3 is 2.12 bits per heavy atom. The third-order valence-corrected chi connectivity index (χ3v) is 11.1. The van der Waals surface area contributed by atoms with Crippen molar-refractivity contribution in [3.63, 3.8) is 0 Å². The Labute approximate surface area is 196 Å². The van der Waals surface area contributed by atoms with Crippen LogP contribution in [-0.4, -0.2) is 0 Å². The SMILES string of the molecule is CC[C@H]1CC[C@H]2[C@@H]3CCC4CCCC[C@@H]4[C@H]3C(c3ccccc3)C(c3ccccc3)[C@]12C. The van der Waals surface area contributed by atoms with Crippen LogP contribution in [0.15, 0.2) is 60.7 Å². The van der Waals surface area contributed by atoms with E-state index in [0.717, 1.165) is 35.5 Å². The van der Waals surface area contributed by atoms with Gasteiger partial charge in [-0.1, -0.05) is 100 Å². The first-order valence-corrected chi connectivity index (χ1v) is 13.8. The number of rotatable bonds is 3. The zero-order chi connectivity index (χ0) is 21.7. The van der Waals surface area contributed by atoms with Crippen LogP contribution >= 0.6 is 0 Å². The molecule has 0 N–H and O–H groups in total. The maximum atomic E-state index is 2.75. The van der Waals surface area contributed by atoms with Gasteiger partial charge in [-0.2, -0.15) is 0 Å². The summed E-state index contributed by atoms with van der Waals surface area (Å²) >= 11 is 0. The van der Waals surface area contributed by atoms with Crippen molar-refractivity contribution in [3.05, 3.63) is 71.8 Å². The monoisotopic (exact) mass is 426 g/mol. The maximum absolute atomic E-state index is 2.75. The highest BCUT2D eigenvalue weighted by Gasteiger charge is 2.64. The third-order valence-electron chi connectivity index (χ3n) is 11.1. The molecule has 0 aromatic heterocycles. The second-order valence-electron chi connectivity index (χ2n) is 12.0. The molecule has 0 heteroatoms. The molecule has 3 unspecified atom stereocenters. The van der Waals surface area contributed by atoms with E-state index in [1.165, 1.54) is 57.8 Å². The Balaban J connectivity index is 1.56. The van der Waals surface area contributed by atoms with Crippen LogP contribution in [0, 0.1) is 40.9 Å². The fraction of sp³-hybridized carbons (Fsp3) is 0.625. The van der Waals surface area contributed by atoms with Gasteiger partial charge in [-0.05, 0) is 96.0 Å². The highest BCUT2D eigenvalue weighted by atomic mass is 14.7. The summed E-state index contributed by atoms with van der Waals surface area (Å²) < 4.78 is 0. The van der Waals surface area contributed by atoms with E-state index in [9.17, 15) is 0 Å². The first-order chi connectivity index (χ1) is 15.7. The number of benzene rings is 2. The molecule has 32 heavy (non-hydrogen) atoms. The lowest BCUT2D eigenvalue weighted by Gasteiger charge is -2.63. The van der Waals surface area contributed by atoms with Gasteiger partial charge in [0.25, 0.3) is 0 Å². The second-order valence-corrected chi connectivity index (χ2v) is 12.0. The Morgan fingerprint density at radius 1 is 0.719 bits per heavy atom. The van der Waals surface area contributed by atoms with Crippen molar-refractivity contribution in [2.45, 2.75) is 83.5 Å². The van der Waals surface area contributed by atoms with Gasteiger partial charge in [-0.25, -0.2) is 0 Å². The fourth-order valence-electron chi connectivity index (χ4n) is 10.1. The predicted octanol–water partition coefficient (Wildman–Crippen LogP) is 8.84. The minimum absolute atomic E-state index is 0.430. The zero-order valence-electron chi connectivity index (χ0n) is 20.3. The molecule has 0 aliphatic heterocycles. The van der Waals surface area contributed by atoms with Crippen LogP contribution in [0.3, 0.4) is 0 Å². The molecule has 0 heterocycles. The van der Waals surface area contributed by atoms with Crippen LogP contribution in [0.1, 0.15) is 94.6 Å². The lowest BCUT2D eigenvalue weighted by atomic mass is 9.41. The summed E-state index contributed by atoms with van der Waals surface area (Å²) in [5.74, 6) is 6.92. The number of hydrogen-bond donors (Lipinski definition) is 0. The van der Waals surface area contributed by atoms with Crippen molar-refractivity contribution in [1.82, 2.24) is 0 Å². The molecule has 0 nitrogen and oxygen atoms in total. The molecule has 0 saturated heterocycles. The van der Waals surface area contributed by atoms with E-state index in [4.69, 9.17) is 0 Å². The van der Waals surface area contributed by atoms with E-state index in [2.05, 4.69) is 74.5 Å². The van der Waals surface area contributed by atoms with E-state index >= 15 is 0 Å². The molecule has 0 radical (unpaired) electrons. The van der Waals surface area contributed by atoms with Crippen LogP contribution in [0.4, 0.5) is 0 Å². The molecule has 4 aliphatic carbocycles. The van der Waals surface area contributed by atoms with Crippen molar-refractivity contribution in [2.24, 2.45) is 40.9 Å². The minimum atomic E-state index is 0.430. The largest absolute Gasteiger partial charge is 0.0651 e. The van der Waals surface area contributed by atoms with Crippen LogP contribution in [-0.2, 0) is 0 Å². The van der Waals surface area contributed by atoms with Crippen molar-refractivity contribution in [2.75, 3.05) is 0 Å². The van der Waals surface area contributed by atoms with Gasteiger partial charge in [0.1, 0.15) is 0 Å². The van der Waals surface area contributed by atoms with Crippen molar-refractivity contribution >= 4 is 0 Å². The van der Waals surface area contributed by atoms with E-state index < -0.39 is 0 Å². The second kappa shape index (κ2) is 8.34. The van der Waals surface area contributed by atoms with Crippen LogP contribution < -0.4 is 0 Å². The van der Waals surface area contributed by atoms with Gasteiger partial charge in [0, 0.05) is 0 Å². The summed E-state index contributed by atoms with van der Waals surface area (Å²) in [7, 11) is 0. The molecule has 0 bridgehead atoms. The topological polar surface area (TPSA) is 0 Å². The molecular weight excluding hydrogens is 384 g/mol. The highest BCUT2D eigenvalue weighted by molar-refractivity contribution is 5.36. The van der Waals surface area contributed by atoms with Crippen LogP contribution in [0.25, 0.3) is 0 Å². The molecule has 9 atom stereocenters. The molecule has 2 aromatic rings. The minimum Gasteiger partial charge on any atom is -0.0651 e.